The van der Waals surface area contributed by atoms with Gasteiger partial charge in [0.1, 0.15) is 5.52 Å². The number of pyridine rings is 1. The first kappa shape index (κ1) is 19.3. The second-order valence-corrected chi connectivity index (χ2v) is 6.28. The molecule has 0 aliphatic heterocycles. The van der Waals surface area contributed by atoms with E-state index in [9.17, 15) is 4.79 Å². The van der Waals surface area contributed by atoms with Gasteiger partial charge in [0.25, 0.3) is 5.91 Å². The van der Waals surface area contributed by atoms with Crippen molar-refractivity contribution in [3.05, 3.63) is 60.4 Å². The van der Waals surface area contributed by atoms with E-state index in [4.69, 9.17) is 18.6 Å². The Morgan fingerprint density at radius 2 is 1.83 bits per heavy atom. The lowest BCUT2D eigenvalue weighted by Gasteiger charge is -2.15. The van der Waals surface area contributed by atoms with Gasteiger partial charge in [-0.2, -0.15) is 0 Å². The zero-order valence-electron chi connectivity index (χ0n) is 16.6. The third-order valence-corrected chi connectivity index (χ3v) is 4.51. The van der Waals surface area contributed by atoms with Gasteiger partial charge in [-0.15, -0.1) is 0 Å². The molecule has 0 fully saturated rings. The molecule has 2 aromatic heterocycles. The minimum Gasteiger partial charge on any atom is -0.493 e. The molecule has 8 nitrogen and oxygen atoms in total. The van der Waals surface area contributed by atoms with Crippen LogP contribution >= 0.6 is 0 Å². The average molecular weight is 405 g/mol. The molecule has 0 aliphatic carbocycles. The highest BCUT2D eigenvalue weighted by Crippen LogP contribution is 2.40. The summed E-state index contributed by atoms with van der Waals surface area (Å²) in [5.74, 6) is 1.20. The number of anilines is 1. The Hall–Kier alpha value is -4.07. The molecule has 8 heteroatoms. The molecule has 0 radical (unpaired) electrons. The molecule has 1 amide bonds. The monoisotopic (exact) mass is 405 g/mol. The van der Waals surface area contributed by atoms with Crippen LogP contribution < -0.4 is 19.5 Å². The zero-order valence-corrected chi connectivity index (χ0v) is 16.6. The number of hydrogen-bond donors (Lipinski definition) is 1. The maximum atomic E-state index is 12.9. The highest BCUT2D eigenvalue weighted by atomic mass is 16.5. The Bertz CT molecular complexity index is 1190. The van der Waals surface area contributed by atoms with Gasteiger partial charge in [-0.1, -0.05) is 6.07 Å². The van der Waals surface area contributed by atoms with Crippen LogP contribution in [0, 0.1) is 0 Å². The maximum absolute atomic E-state index is 12.9. The summed E-state index contributed by atoms with van der Waals surface area (Å²) in [6.07, 6.45) is 3.28. The van der Waals surface area contributed by atoms with E-state index >= 15 is 0 Å². The first-order chi connectivity index (χ1) is 14.6. The number of nitrogens with zero attached hydrogens (tertiary/aromatic N) is 2. The van der Waals surface area contributed by atoms with Crippen LogP contribution in [0.2, 0.25) is 0 Å². The Morgan fingerprint density at radius 1 is 1.00 bits per heavy atom. The Labute approximate surface area is 172 Å². The number of oxazole rings is 1. The van der Waals surface area contributed by atoms with Crippen LogP contribution in [0.1, 0.15) is 10.4 Å². The Kier molecular flexibility index (Phi) is 5.21. The van der Waals surface area contributed by atoms with E-state index in [2.05, 4.69) is 15.3 Å². The van der Waals surface area contributed by atoms with Gasteiger partial charge in [-0.3, -0.25) is 9.78 Å². The molecule has 4 aromatic rings. The number of aromatic nitrogens is 2. The minimum absolute atomic E-state index is 0.289. The maximum Gasteiger partial charge on any atom is 0.259 e. The second kappa shape index (κ2) is 8.12. The van der Waals surface area contributed by atoms with Crippen molar-refractivity contribution in [2.24, 2.45) is 0 Å². The van der Waals surface area contributed by atoms with Gasteiger partial charge in [0, 0.05) is 23.5 Å². The van der Waals surface area contributed by atoms with Gasteiger partial charge >= 0.3 is 0 Å². The van der Waals surface area contributed by atoms with E-state index in [1.54, 1.807) is 42.7 Å². The molecule has 30 heavy (non-hydrogen) atoms. The molecule has 0 aliphatic rings. The van der Waals surface area contributed by atoms with Crippen molar-refractivity contribution < 1.29 is 23.4 Å². The predicted octanol–water partition coefficient (Wildman–Crippen LogP) is 4.17. The van der Waals surface area contributed by atoms with Crippen LogP contribution in [-0.2, 0) is 0 Å². The SMILES string of the molecule is COc1ccc(C(=O)Nc2cccc(-c3nc4cnccc4o3)c2)c(OC)c1OC. The molecule has 0 unspecified atom stereocenters. The van der Waals surface area contributed by atoms with Crippen LogP contribution in [0.3, 0.4) is 0 Å². The van der Waals surface area contributed by atoms with Crippen molar-refractivity contribution in [1.82, 2.24) is 9.97 Å². The summed E-state index contributed by atoms with van der Waals surface area (Å²) >= 11 is 0. The number of benzene rings is 2. The molecule has 2 aromatic carbocycles. The summed E-state index contributed by atoms with van der Waals surface area (Å²) in [5.41, 5.74) is 2.92. The Morgan fingerprint density at radius 3 is 2.57 bits per heavy atom. The molecular weight excluding hydrogens is 386 g/mol. The van der Waals surface area contributed by atoms with E-state index in [-0.39, 0.29) is 11.7 Å². The molecule has 4 rings (SSSR count). The second-order valence-electron chi connectivity index (χ2n) is 6.28. The fourth-order valence-corrected chi connectivity index (χ4v) is 3.11. The van der Waals surface area contributed by atoms with E-state index in [0.29, 0.717) is 39.7 Å². The summed E-state index contributed by atoms with van der Waals surface area (Å²) in [5, 5.41) is 2.87. The van der Waals surface area contributed by atoms with E-state index in [1.165, 1.54) is 21.3 Å². The fourth-order valence-electron chi connectivity index (χ4n) is 3.11. The third kappa shape index (κ3) is 3.50. The van der Waals surface area contributed by atoms with Crippen molar-refractivity contribution >= 4 is 22.7 Å². The first-order valence-electron chi connectivity index (χ1n) is 9.06. The van der Waals surface area contributed by atoms with Crippen LogP contribution in [0.5, 0.6) is 17.2 Å². The first-order valence-corrected chi connectivity index (χ1v) is 9.06. The predicted molar refractivity (Wildman–Crippen MR) is 111 cm³/mol. The van der Waals surface area contributed by atoms with Gasteiger partial charge in [-0.25, -0.2) is 4.98 Å². The molecule has 2 heterocycles. The number of ether oxygens (including phenoxy) is 3. The minimum atomic E-state index is -0.355. The molecule has 152 valence electrons. The lowest BCUT2D eigenvalue weighted by Crippen LogP contribution is -2.14. The van der Waals surface area contributed by atoms with Crippen LogP contribution in [0.15, 0.2) is 59.3 Å². The van der Waals surface area contributed by atoms with Gasteiger partial charge < -0.3 is 23.9 Å². The van der Waals surface area contributed by atoms with Crippen molar-refractivity contribution in [3.8, 4) is 28.7 Å². The molecule has 0 saturated heterocycles. The summed E-state index contributed by atoms with van der Waals surface area (Å²) < 4.78 is 21.8. The summed E-state index contributed by atoms with van der Waals surface area (Å²) in [4.78, 5) is 21.4. The molecule has 0 spiro atoms. The van der Waals surface area contributed by atoms with E-state index < -0.39 is 0 Å². The fraction of sp³-hybridized carbons (Fsp3) is 0.136. The van der Waals surface area contributed by atoms with Gasteiger partial charge in [-0.05, 0) is 30.3 Å². The van der Waals surface area contributed by atoms with Crippen molar-refractivity contribution in [1.29, 1.82) is 0 Å². The topological polar surface area (TPSA) is 95.7 Å². The van der Waals surface area contributed by atoms with Gasteiger partial charge in [0.2, 0.25) is 11.6 Å². The smallest absolute Gasteiger partial charge is 0.259 e. The zero-order chi connectivity index (χ0) is 21.1. The number of rotatable bonds is 6. The third-order valence-electron chi connectivity index (χ3n) is 4.51. The summed E-state index contributed by atoms with van der Waals surface area (Å²) in [6, 6.07) is 12.2. The largest absolute Gasteiger partial charge is 0.493 e. The highest BCUT2D eigenvalue weighted by Gasteiger charge is 2.21. The van der Waals surface area contributed by atoms with Crippen LogP contribution in [0.4, 0.5) is 5.69 Å². The highest BCUT2D eigenvalue weighted by molar-refractivity contribution is 6.07. The van der Waals surface area contributed by atoms with E-state index in [1.807, 2.05) is 12.1 Å². The molecular formula is C22H19N3O5. The Balaban J connectivity index is 1.64. The van der Waals surface area contributed by atoms with Crippen molar-refractivity contribution in [3.63, 3.8) is 0 Å². The number of carbonyl (C=O) groups is 1. The van der Waals surface area contributed by atoms with Crippen LogP contribution in [-0.4, -0.2) is 37.2 Å². The number of fused-ring (bicyclic) bond motifs is 1. The van der Waals surface area contributed by atoms with E-state index in [0.717, 1.165) is 5.56 Å². The molecule has 0 atom stereocenters. The molecule has 0 bridgehead atoms. The number of amides is 1. The normalized spacial score (nSPS) is 10.6. The van der Waals surface area contributed by atoms with Gasteiger partial charge in [0.15, 0.2) is 17.1 Å². The lowest BCUT2D eigenvalue weighted by atomic mass is 10.1. The lowest BCUT2D eigenvalue weighted by molar-refractivity contribution is 0.102. The van der Waals surface area contributed by atoms with Crippen LogP contribution in [0.25, 0.3) is 22.6 Å². The van der Waals surface area contributed by atoms with Crippen molar-refractivity contribution in [2.45, 2.75) is 0 Å². The standard InChI is InChI=1S/C22H19N3O5/c1-27-18-8-7-15(19(28-2)20(18)29-3)21(26)24-14-6-4-5-13(11-14)22-25-16-12-23-10-9-17(16)30-22/h4-12H,1-3H3,(H,24,26). The number of hydrogen-bond acceptors (Lipinski definition) is 7. The molecule has 1 N–H and O–H groups in total. The number of nitrogens with one attached hydrogen (secondary N) is 1. The molecule has 0 saturated carbocycles. The number of methoxy groups -OCH3 is 3. The van der Waals surface area contributed by atoms with Gasteiger partial charge in [0.05, 0.1) is 33.1 Å². The summed E-state index contributed by atoms with van der Waals surface area (Å²) in [7, 11) is 4.48. The summed E-state index contributed by atoms with van der Waals surface area (Å²) in [6.45, 7) is 0. The number of carbonyl (C=O) groups excluding carboxylic acids is 1. The quantitative estimate of drug-likeness (QED) is 0.514. The van der Waals surface area contributed by atoms with Crippen molar-refractivity contribution in [2.75, 3.05) is 26.6 Å². The average Bonchev–Trinajstić information content (AvgIpc) is 3.22.